The standard InChI is InChI=1S/C23H35N3O8S/c1-23(2,26(29)30)21-10-9-20(17-22(21)25(27)28)35(31,32)24(13-11-18-7-3-5-15-33-18)14-12-19-8-4-6-16-34-19/h9-10,17-19H,3-8,11-16H2,1-2H3. The first-order chi connectivity index (χ1) is 16.5. The molecule has 2 atom stereocenters. The van der Waals surface area contributed by atoms with Crippen molar-refractivity contribution in [3.05, 3.63) is 44.0 Å². The number of nitrogens with zero attached hydrogens (tertiary/aromatic N) is 3. The lowest BCUT2D eigenvalue weighted by atomic mass is 9.93. The molecule has 2 unspecified atom stereocenters. The zero-order chi connectivity index (χ0) is 25.6. The van der Waals surface area contributed by atoms with Gasteiger partial charge in [0.15, 0.2) is 0 Å². The molecule has 0 amide bonds. The predicted molar refractivity (Wildman–Crippen MR) is 128 cm³/mol. The molecule has 3 rings (SSSR count). The van der Waals surface area contributed by atoms with Gasteiger partial charge in [0.25, 0.3) is 5.69 Å². The SMILES string of the molecule is CC(C)(c1ccc(S(=O)(=O)N(CCC2CCCCO2)CCC2CCCCO2)cc1[N+](=O)[O-])[N+](=O)[O-]. The minimum absolute atomic E-state index is 0.0232. The minimum Gasteiger partial charge on any atom is -0.378 e. The molecule has 2 aliphatic heterocycles. The topological polar surface area (TPSA) is 142 Å². The second-order valence-electron chi connectivity index (χ2n) is 9.71. The molecule has 2 aliphatic rings. The molecular weight excluding hydrogens is 478 g/mol. The van der Waals surface area contributed by atoms with Crippen LogP contribution in [0.25, 0.3) is 0 Å². The smallest absolute Gasteiger partial charge is 0.281 e. The number of benzene rings is 1. The van der Waals surface area contributed by atoms with Gasteiger partial charge in [-0.05, 0) is 63.5 Å². The van der Waals surface area contributed by atoms with Gasteiger partial charge in [0.1, 0.15) is 5.56 Å². The quantitative estimate of drug-likeness (QED) is 0.319. The van der Waals surface area contributed by atoms with Crippen molar-refractivity contribution < 1.29 is 27.7 Å². The van der Waals surface area contributed by atoms with Crippen LogP contribution >= 0.6 is 0 Å². The lowest BCUT2D eigenvalue weighted by Crippen LogP contribution is -2.37. The first kappa shape index (κ1) is 27.4. The van der Waals surface area contributed by atoms with E-state index in [1.165, 1.54) is 30.3 Å². The van der Waals surface area contributed by atoms with E-state index < -0.39 is 31.1 Å². The molecule has 0 aromatic heterocycles. The Bertz CT molecular complexity index is 980. The minimum atomic E-state index is -4.09. The lowest BCUT2D eigenvalue weighted by molar-refractivity contribution is -0.570. The molecule has 1 aromatic carbocycles. The maximum Gasteiger partial charge on any atom is 0.281 e. The van der Waals surface area contributed by atoms with Gasteiger partial charge in [0, 0.05) is 51.1 Å². The molecule has 0 spiro atoms. The molecule has 12 heteroatoms. The molecule has 196 valence electrons. The van der Waals surface area contributed by atoms with Gasteiger partial charge in [0.05, 0.1) is 22.0 Å². The summed E-state index contributed by atoms with van der Waals surface area (Å²) >= 11 is 0. The fraction of sp³-hybridized carbons (Fsp3) is 0.739. The van der Waals surface area contributed by atoms with Gasteiger partial charge in [-0.15, -0.1) is 0 Å². The maximum atomic E-state index is 13.6. The first-order valence-corrected chi connectivity index (χ1v) is 13.6. The van der Waals surface area contributed by atoms with E-state index in [-0.39, 0.29) is 35.8 Å². The Morgan fingerprint density at radius 1 is 0.971 bits per heavy atom. The highest BCUT2D eigenvalue weighted by molar-refractivity contribution is 7.89. The van der Waals surface area contributed by atoms with E-state index in [2.05, 4.69) is 0 Å². The summed E-state index contributed by atoms with van der Waals surface area (Å²) in [5, 5.41) is 23.2. The van der Waals surface area contributed by atoms with Crippen molar-refractivity contribution in [3.8, 4) is 0 Å². The van der Waals surface area contributed by atoms with Crippen LogP contribution < -0.4 is 0 Å². The summed E-state index contributed by atoms with van der Waals surface area (Å²) in [5.41, 5.74) is -2.48. The molecule has 0 N–H and O–H groups in total. The number of ether oxygens (including phenoxy) is 2. The molecule has 2 saturated heterocycles. The van der Waals surface area contributed by atoms with Gasteiger partial charge in [-0.2, -0.15) is 4.31 Å². The van der Waals surface area contributed by atoms with Crippen molar-refractivity contribution in [2.75, 3.05) is 26.3 Å². The van der Waals surface area contributed by atoms with Crippen LogP contribution in [0.15, 0.2) is 23.1 Å². The second kappa shape index (κ2) is 11.7. The van der Waals surface area contributed by atoms with E-state index >= 15 is 0 Å². The molecule has 0 radical (unpaired) electrons. The number of hydrogen-bond donors (Lipinski definition) is 0. The molecule has 2 heterocycles. The van der Waals surface area contributed by atoms with Gasteiger partial charge in [-0.3, -0.25) is 20.2 Å². The molecule has 11 nitrogen and oxygen atoms in total. The van der Waals surface area contributed by atoms with Crippen molar-refractivity contribution in [1.29, 1.82) is 0 Å². The van der Waals surface area contributed by atoms with E-state index in [4.69, 9.17) is 9.47 Å². The van der Waals surface area contributed by atoms with Crippen molar-refractivity contribution in [3.63, 3.8) is 0 Å². The number of sulfonamides is 1. The molecular formula is C23H35N3O8S. The van der Waals surface area contributed by atoms with Gasteiger partial charge < -0.3 is 9.47 Å². The third-order valence-electron chi connectivity index (χ3n) is 6.87. The van der Waals surface area contributed by atoms with Gasteiger partial charge in [-0.1, -0.05) is 0 Å². The van der Waals surface area contributed by atoms with Gasteiger partial charge in [-0.25, -0.2) is 8.42 Å². The number of rotatable bonds is 11. The summed E-state index contributed by atoms with van der Waals surface area (Å²) in [6.45, 7) is 4.26. The van der Waals surface area contributed by atoms with E-state index in [1.807, 2.05) is 0 Å². The average molecular weight is 514 g/mol. The average Bonchev–Trinajstić information content (AvgIpc) is 2.84. The van der Waals surface area contributed by atoms with Crippen LogP contribution in [-0.4, -0.2) is 61.1 Å². The Labute approximate surface area is 206 Å². The van der Waals surface area contributed by atoms with Crippen LogP contribution in [0.2, 0.25) is 0 Å². The number of nitro groups is 2. The normalized spacial score (nSPS) is 21.7. The zero-order valence-corrected chi connectivity index (χ0v) is 21.2. The van der Waals surface area contributed by atoms with E-state index in [9.17, 15) is 28.6 Å². The van der Waals surface area contributed by atoms with Crippen LogP contribution in [0.5, 0.6) is 0 Å². The molecule has 1 aromatic rings. The van der Waals surface area contributed by atoms with E-state index in [0.29, 0.717) is 26.1 Å². The largest absolute Gasteiger partial charge is 0.378 e. The Hall–Kier alpha value is -2.15. The predicted octanol–water partition coefficient (Wildman–Crippen LogP) is 4.02. The zero-order valence-electron chi connectivity index (χ0n) is 20.4. The molecule has 35 heavy (non-hydrogen) atoms. The summed E-state index contributed by atoms with van der Waals surface area (Å²) < 4.78 is 40.2. The van der Waals surface area contributed by atoms with E-state index in [0.717, 1.165) is 44.6 Å². The highest BCUT2D eigenvalue weighted by Crippen LogP contribution is 2.34. The van der Waals surface area contributed by atoms with Crippen molar-refractivity contribution in [2.24, 2.45) is 0 Å². The van der Waals surface area contributed by atoms with E-state index in [1.54, 1.807) is 0 Å². The summed E-state index contributed by atoms with van der Waals surface area (Å²) in [6, 6.07) is 3.35. The highest BCUT2D eigenvalue weighted by atomic mass is 32.2. The number of hydrogen-bond acceptors (Lipinski definition) is 8. The second-order valence-corrected chi connectivity index (χ2v) is 11.6. The van der Waals surface area contributed by atoms with Crippen LogP contribution in [0.3, 0.4) is 0 Å². The highest BCUT2D eigenvalue weighted by Gasteiger charge is 2.41. The van der Waals surface area contributed by atoms with Gasteiger partial charge >= 0.3 is 0 Å². The Kier molecular flexibility index (Phi) is 9.19. The summed E-state index contributed by atoms with van der Waals surface area (Å²) in [5.74, 6) is 0. The monoisotopic (exact) mass is 513 g/mol. The molecule has 0 saturated carbocycles. The molecule has 2 fully saturated rings. The molecule has 0 aliphatic carbocycles. The maximum absolute atomic E-state index is 13.6. The van der Waals surface area contributed by atoms with Crippen molar-refractivity contribution in [1.82, 2.24) is 4.31 Å². The lowest BCUT2D eigenvalue weighted by Gasteiger charge is -2.29. The van der Waals surface area contributed by atoms with Crippen molar-refractivity contribution >= 4 is 15.7 Å². The summed E-state index contributed by atoms with van der Waals surface area (Å²) in [4.78, 5) is 21.6. The fourth-order valence-corrected chi connectivity index (χ4v) is 6.08. The van der Waals surface area contributed by atoms with Crippen LogP contribution in [0.4, 0.5) is 5.69 Å². The van der Waals surface area contributed by atoms with Gasteiger partial charge in [0.2, 0.25) is 15.6 Å². The van der Waals surface area contributed by atoms with Crippen molar-refractivity contribution in [2.45, 2.75) is 87.9 Å². The third-order valence-corrected chi connectivity index (χ3v) is 8.76. The number of nitro benzene ring substituents is 1. The van der Waals surface area contributed by atoms with Crippen LogP contribution in [0.1, 0.15) is 70.8 Å². The third kappa shape index (κ3) is 6.75. The molecule has 0 bridgehead atoms. The Balaban J connectivity index is 1.88. The van der Waals surface area contributed by atoms with Crippen LogP contribution in [0, 0.1) is 20.2 Å². The first-order valence-electron chi connectivity index (χ1n) is 12.2. The van der Waals surface area contributed by atoms with Crippen LogP contribution in [-0.2, 0) is 25.0 Å². The fourth-order valence-electron chi connectivity index (χ4n) is 4.59. The summed E-state index contributed by atoms with van der Waals surface area (Å²) in [7, 11) is -4.09. The Morgan fingerprint density at radius 2 is 1.51 bits per heavy atom. The summed E-state index contributed by atoms with van der Waals surface area (Å²) in [6.07, 6.45) is 6.81. The Morgan fingerprint density at radius 3 is 1.94 bits per heavy atom.